The van der Waals surface area contributed by atoms with Gasteiger partial charge in [0, 0.05) is 6.92 Å². The number of nitrogens with two attached hydrogens (primary N) is 1. The van der Waals surface area contributed by atoms with E-state index in [1.165, 1.54) is 18.7 Å². The van der Waals surface area contributed by atoms with Gasteiger partial charge < -0.3 is 31.1 Å². The third-order valence-electron chi connectivity index (χ3n) is 3.63. The summed E-state index contributed by atoms with van der Waals surface area (Å²) in [5.74, 6) is 0.516. The molecule has 0 bridgehead atoms. The molecule has 6 N–H and O–H groups in total. The van der Waals surface area contributed by atoms with Gasteiger partial charge in [-0.2, -0.15) is 0 Å². The molecule has 130 valence electrons. The highest BCUT2D eigenvalue weighted by Crippen LogP contribution is 2.29. The van der Waals surface area contributed by atoms with Crippen molar-refractivity contribution in [1.29, 1.82) is 0 Å². The molecule has 1 heterocycles. The van der Waals surface area contributed by atoms with E-state index in [2.05, 4.69) is 5.32 Å². The number of amides is 1. The van der Waals surface area contributed by atoms with E-state index in [4.69, 9.17) is 10.5 Å². The topological polar surface area (TPSA) is 125 Å². The molecular formula is C14H28N2O5S. The van der Waals surface area contributed by atoms with Crippen molar-refractivity contribution < 1.29 is 24.9 Å². The van der Waals surface area contributed by atoms with Gasteiger partial charge in [0.1, 0.15) is 23.7 Å². The number of unbranched alkanes of at least 4 members (excludes halogenated alkanes) is 3. The third kappa shape index (κ3) is 6.02. The van der Waals surface area contributed by atoms with Gasteiger partial charge in [-0.15, -0.1) is 11.8 Å². The predicted octanol–water partition coefficient (Wildman–Crippen LogP) is -0.818. The summed E-state index contributed by atoms with van der Waals surface area (Å²) in [6, 6.07) is -0.690. The summed E-state index contributed by atoms with van der Waals surface area (Å²) in [7, 11) is 0. The Balaban J connectivity index is 2.52. The Kier molecular flexibility index (Phi) is 9.30. The fourth-order valence-electron chi connectivity index (χ4n) is 2.41. The van der Waals surface area contributed by atoms with Crippen molar-refractivity contribution >= 4 is 17.7 Å². The summed E-state index contributed by atoms with van der Waals surface area (Å²) < 4.78 is 5.63. The summed E-state index contributed by atoms with van der Waals surface area (Å²) >= 11 is 1.48. The summed E-state index contributed by atoms with van der Waals surface area (Å²) in [4.78, 5) is 11.3. The molecule has 0 spiro atoms. The average molecular weight is 336 g/mol. The van der Waals surface area contributed by atoms with Crippen LogP contribution in [0.15, 0.2) is 0 Å². The van der Waals surface area contributed by atoms with Gasteiger partial charge in [-0.05, 0) is 25.1 Å². The zero-order valence-corrected chi connectivity index (χ0v) is 13.8. The Morgan fingerprint density at radius 3 is 2.50 bits per heavy atom. The number of carbonyl (C=O) groups excluding carboxylic acids is 1. The molecule has 0 unspecified atom stereocenters. The molecule has 1 rings (SSSR count). The Bertz CT molecular complexity index is 334. The number of ether oxygens (including phenoxy) is 1. The number of carbonyl (C=O) groups is 1. The first-order chi connectivity index (χ1) is 10.5. The smallest absolute Gasteiger partial charge is 0.217 e. The van der Waals surface area contributed by atoms with Gasteiger partial charge in [0.05, 0.1) is 12.6 Å². The van der Waals surface area contributed by atoms with Gasteiger partial charge in [-0.3, -0.25) is 4.79 Å². The van der Waals surface area contributed by atoms with Crippen molar-refractivity contribution in [3.05, 3.63) is 0 Å². The van der Waals surface area contributed by atoms with E-state index in [0.29, 0.717) is 6.54 Å². The number of hydrogen-bond acceptors (Lipinski definition) is 7. The SMILES string of the molecule is CC(=O)N[C@@H]1[C@@H](O)[C@H](O)[C@@H](CO)O[C@H]1SCCCCCCN. The molecule has 8 heteroatoms. The minimum atomic E-state index is -1.22. The maximum atomic E-state index is 11.3. The van der Waals surface area contributed by atoms with Gasteiger partial charge in [0.25, 0.3) is 0 Å². The van der Waals surface area contributed by atoms with Crippen molar-refractivity contribution in [2.75, 3.05) is 18.9 Å². The van der Waals surface area contributed by atoms with Crippen LogP contribution in [0.1, 0.15) is 32.6 Å². The highest BCUT2D eigenvalue weighted by Gasteiger charge is 2.44. The summed E-state index contributed by atoms with van der Waals surface area (Å²) in [5.41, 5.74) is 4.95. The number of hydrogen-bond donors (Lipinski definition) is 5. The number of aliphatic hydroxyl groups is 3. The maximum absolute atomic E-state index is 11.3. The monoisotopic (exact) mass is 336 g/mol. The molecule has 0 radical (unpaired) electrons. The lowest BCUT2D eigenvalue weighted by atomic mass is 9.98. The molecule has 0 aromatic rings. The first-order valence-corrected chi connectivity index (χ1v) is 8.77. The molecule has 0 aromatic carbocycles. The molecule has 1 saturated heterocycles. The molecule has 0 saturated carbocycles. The van der Waals surface area contributed by atoms with Crippen LogP contribution in [0, 0.1) is 0 Å². The lowest BCUT2D eigenvalue weighted by Crippen LogP contribution is -2.63. The quantitative estimate of drug-likeness (QED) is 0.348. The fraction of sp³-hybridized carbons (Fsp3) is 0.929. The summed E-state index contributed by atoms with van der Waals surface area (Å²) in [6.45, 7) is 1.68. The predicted molar refractivity (Wildman–Crippen MR) is 85.3 cm³/mol. The molecule has 0 aromatic heterocycles. The fourth-order valence-corrected chi connectivity index (χ4v) is 3.67. The van der Waals surface area contributed by atoms with E-state index >= 15 is 0 Å². The normalized spacial score (nSPS) is 32.0. The van der Waals surface area contributed by atoms with E-state index < -0.39 is 29.8 Å². The van der Waals surface area contributed by atoms with Crippen molar-refractivity contribution in [3.63, 3.8) is 0 Å². The number of aliphatic hydroxyl groups excluding tert-OH is 3. The Morgan fingerprint density at radius 2 is 1.91 bits per heavy atom. The van der Waals surface area contributed by atoms with Crippen molar-refractivity contribution in [2.45, 2.75) is 62.4 Å². The molecule has 1 aliphatic rings. The van der Waals surface area contributed by atoms with E-state index in [1.807, 2.05) is 0 Å². The van der Waals surface area contributed by atoms with Crippen LogP contribution in [0.4, 0.5) is 0 Å². The van der Waals surface area contributed by atoms with E-state index in [9.17, 15) is 20.1 Å². The van der Waals surface area contributed by atoms with Crippen LogP contribution in [0.25, 0.3) is 0 Å². The minimum Gasteiger partial charge on any atom is -0.394 e. The van der Waals surface area contributed by atoms with E-state index in [0.717, 1.165) is 31.4 Å². The highest BCUT2D eigenvalue weighted by molar-refractivity contribution is 7.99. The lowest BCUT2D eigenvalue weighted by Gasteiger charge is -2.42. The minimum absolute atomic E-state index is 0.296. The Labute approximate surface area is 135 Å². The summed E-state index contributed by atoms with van der Waals surface area (Å²) in [5, 5.41) is 31.9. The molecular weight excluding hydrogens is 308 g/mol. The molecule has 0 aliphatic carbocycles. The Hall–Kier alpha value is -0.380. The summed E-state index contributed by atoms with van der Waals surface area (Å²) in [6.07, 6.45) is 0.924. The van der Waals surface area contributed by atoms with E-state index in [1.54, 1.807) is 0 Å². The van der Waals surface area contributed by atoms with Gasteiger partial charge in [-0.25, -0.2) is 0 Å². The Morgan fingerprint density at radius 1 is 1.23 bits per heavy atom. The van der Waals surface area contributed by atoms with Crippen molar-refractivity contribution in [1.82, 2.24) is 5.32 Å². The zero-order chi connectivity index (χ0) is 16.5. The molecule has 1 fully saturated rings. The first-order valence-electron chi connectivity index (χ1n) is 7.72. The molecule has 1 amide bonds. The van der Waals surface area contributed by atoms with Crippen molar-refractivity contribution in [3.8, 4) is 0 Å². The van der Waals surface area contributed by atoms with Crippen LogP contribution < -0.4 is 11.1 Å². The second kappa shape index (κ2) is 10.4. The zero-order valence-electron chi connectivity index (χ0n) is 13.0. The molecule has 1 aliphatic heterocycles. The standard InChI is InChI=1S/C14H28N2O5S/c1-9(18)16-11-13(20)12(19)10(8-17)21-14(11)22-7-5-3-2-4-6-15/h10-14,17,19-20H,2-8,15H2,1H3,(H,16,18)/t10-,11-,12-,13-,14+/m1/s1. The van der Waals surface area contributed by atoms with Crippen LogP contribution in [0.2, 0.25) is 0 Å². The average Bonchev–Trinajstić information content (AvgIpc) is 2.49. The lowest BCUT2D eigenvalue weighted by molar-refractivity contribution is -0.173. The van der Waals surface area contributed by atoms with Gasteiger partial charge in [0.15, 0.2) is 0 Å². The van der Waals surface area contributed by atoms with Crippen LogP contribution >= 0.6 is 11.8 Å². The van der Waals surface area contributed by atoms with Crippen LogP contribution in [-0.2, 0) is 9.53 Å². The highest BCUT2D eigenvalue weighted by atomic mass is 32.2. The second-order valence-electron chi connectivity index (χ2n) is 5.51. The number of nitrogens with one attached hydrogen (secondary N) is 1. The molecule has 5 atom stereocenters. The van der Waals surface area contributed by atoms with Crippen LogP contribution in [0.3, 0.4) is 0 Å². The largest absolute Gasteiger partial charge is 0.394 e. The van der Waals surface area contributed by atoms with Crippen molar-refractivity contribution in [2.24, 2.45) is 5.73 Å². The number of rotatable bonds is 9. The van der Waals surface area contributed by atoms with Gasteiger partial charge in [-0.1, -0.05) is 12.8 Å². The van der Waals surface area contributed by atoms with Gasteiger partial charge >= 0.3 is 0 Å². The van der Waals surface area contributed by atoms with Crippen LogP contribution in [0.5, 0.6) is 0 Å². The van der Waals surface area contributed by atoms with Crippen LogP contribution in [-0.4, -0.2) is 69.9 Å². The third-order valence-corrected chi connectivity index (χ3v) is 4.89. The second-order valence-corrected chi connectivity index (χ2v) is 6.71. The first kappa shape index (κ1) is 19.7. The van der Waals surface area contributed by atoms with E-state index in [-0.39, 0.29) is 12.5 Å². The maximum Gasteiger partial charge on any atom is 0.217 e. The molecule has 22 heavy (non-hydrogen) atoms. The van der Waals surface area contributed by atoms with Gasteiger partial charge in [0.2, 0.25) is 5.91 Å². The molecule has 7 nitrogen and oxygen atoms in total. The number of thioether (sulfide) groups is 1.